The number of hydrogen-bond donors (Lipinski definition) is 0. The first-order chi connectivity index (χ1) is 10.1. The number of nitrogens with zero attached hydrogens (tertiary/aromatic N) is 3. The number of rotatable bonds is 3. The molecular formula is C17H22BrN3. The van der Waals surface area contributed by atoms with E-state index in [0.29, 0.717) is 0 Å². The van der Waals surface area contributed by atoms with Gasteiger partial charge in [-0.15, -0.1) is 0 Å². The number of para-hydroxylation sites is 1. The summed E-state index contributed by atoms with van der Waals surface area (Å²) in [4.78, 5) is 9.32. The van der Waals surface area contributed by atoms with Crippen molar-refractivity contribution in [2.24, 2.45) is 5.92 Å². The monoisotopic (exact) mass is 347 g/mol. The summed E-state index contributed by atoms with van der Waals surface area (Å²) in [6.45, 7) is 3.57. The summed E-state index contributed by atoms with van der Waals surface area (Å²) < 4.78 is 1.06. The lowest BCUT2D eigenvalue weighted by Crippen LogP contribution is -2.35. The summed E-state index contributed by atoms with van der Waals surface area (Å²) in [5, 5.41) is 1.22. The molecule has 1 saturated heterocycles. The summed E-state index contributed by atoms with van der Waals surface area (Å²) >= 11 is 3.60. The van der Waals surface area contributed by atoms with Gasteiger partial charge < -0.3 is 9.80 Å². The zero-order valence-electron chi connectivity index (χ0n) is 12.7. The zero-order chi connectivity index (χ0) is 14.8. The molecular weight excluding hydrogens is 326 g/mol. The molecule has 2 aromatic rings. The Morgan fingerprint density at radius 3 is 2.81 bits per heavy atom. The number of fused-ring (bicyclic) bond motifs is 1. The van der Waals surface area contributed by atoms with E-state index in [0.717, 1.165) is 22.5 Å². The van der Waals surface area contributed by atoms with E-state index in [4.69, 9.17) is 0 Å². The van der Waals surface area contributed by atoms with Gasteiger partial charge in [0.2, 0.25) is 0 Å². The maximum atomic E-state index is 4.50. The summed E-state index contributed by atoms with van der Waals surface area (Å²) in [6.07, 6.45) is 4.51. The second-order valence-electron chi connectivity index (χ2n) is 6.09. The molecule has 2 heterocycles. The third kappa shape index (κ3) is 3.22. The van der Waals surface area contributed by atoms with Crippen molar-refractivity contribution in [3.63, 3.8) is 0 Å². The van der Waals surface area contributed by atoms with Crippen LogP contribution in [0.4, 0.5) is 5.69 Å². The van der Waals surface area contributed by atoms with Gasteiger partial charge in [0.15, 0.2) is 0 Å². The van der Waals surface area contributed by atoms with E-state index in [1.165, 1.54) is 37.0 Å². The molecule has 112 valence electrons. The first-order valence-corrected chi connectivity index (χ1v) is 8.37. The molecule has 4 heteroatoms. The Labute approximate surface area is 135 Å². The fourth-order valence-electron chi connectivity index (χ4n) is 3.19. The van der Waals surface area contributed by atoms with E-state index in [1.54, 1.807) is 0 Å². The van der Waals surface area contributed by atoms with Crippen molar-refractivity contribution in [2.75, 3.05) is 38.6 Å². The number of pyridine rings is 1. The van der Waals surface area contributed by atoms with Gasteiger partial charge in [-0.1, -0.05) is 12.1 Å². The van der Waals surface area contributed by atoms with Crippen LogP contribution in [0.25, 0.3) is 10.9 Å². The minimum Gasteiger partial charge on any atom is -0.374 e. The molecule has 1 fully saturated rings. The van der Waals surface area contributed by atoms with E-state index in [-0.39, 0.29) is 0 Å². The van der Waals surface area contributed by atoms with Crippen molar-refractivity contribution in [1.29, 1.82) is 0 Å². The van der Waals surface area contributed by atoms with Gasteiger partial charge in [-0.3, -0.25) is 4.98 Å². The van der Waals surface area contributed by atoms with Gasteiger partial charge in [-0.2, -0.15) is 0 Å². The highest BCUT2D eigenvalue weighted by Gasteiger charge is 2.19. The minimum absolute atomic E-state index is 0.793. The summed E-state index contributed by atoms with van der Waals surface area (Å²) in [5.41, 5.74) is 2.32. The summed E-state index contributed by atoms with van der Waals surface area (Å²) in [5.74, 6) is 0.793. The van der Waals surface area contributed by atoms with E-state index < -0.39 is 0 Å². The van der Waals surface area contributed by atoms with E-state index in [1.807, 2.05) is 6.20 Å². The molecule has 3 rings (SSSR count). The van der Waals surface area contributed by atoms with Crippen LogP contribution < -0.4 is 4.90 Å². The normalized spacial score (nSPS) is 17.3. The molecule has 0 atom stereocenters. The molecule has 0 N–H and O–H groups in total. The van der Waals surface area contributed by atoms with Crippen molar-refractivity contribution < 1.29 is 0 Å². The molecule has 1 aliphatic rings. The average Bonchev–Trinajstić information content (AvgIpc) is 2.49. The standard InChI is InChI=1S/C17H22BrN3/c1-20-10-7-13(8-11-20)12-21(2)16-6-9-19-17-14(16)4-3-5-15(17)18/h3-6,9,13H,7-8,10-12H2,1-2H3. The van der Waals surface area contributed by atoms with Crippen molar-refractivity contribution in [3.8, 4) is 0 Å². The number of hydrogen-bond acceptors (Lipinski definition) is 3. The van der Waals surface area contributed by atoms with Crippen molar-refractivity contribution in [1.82, 2.24) is 9.88 Å². The fraction of sp³-hybridized carbons (Fsp3) is 0.471. The molecule has 0 unspecified atom stereocenters. The second kappa shape index (κ2) is 6.32. The van der Waals surface area contributed by atoms with E-state index >= 15 is 0 Å². The van der Waals surface area contributed by atoms with Crippen LogP contribution in [0.1, 0.15) is 12.8 Å². The largest absolute Gasteiger partial charge is 0.374 e. The number of aromatic nitrogens is 1. The Balaban J connectivity index is 1.81. The SMILES string of the molecule is CN1CCC(CN(C)c2ccnc3c(Br)cccc23)CC1. The van der Waals surface area contributed by atoms with Gasteiger partial charge in [0.05, 0.1) is 5.52 Å². The topological polar surface area (TPSA) is 19.4 Å². The maximum absolute atomic E-state index is 4.50. The predicted octanol–water partition coefficient (Wildman–Crippen LogP) is 3.78. The van der Waals surface area contributed by atoms with Crippen molar-refractivity contribution >= 4 is 32.5 Å². The third-order valence-corrected chi connectivity index (χ3v) is 5.12. The van der Waals surface area contributed by atoms with Crippen molar-refractivity contribution in [2.45, 2.75) is 12.8 Å². The fourth-order valence-corrected chi connectivity index (χ4v) is 3.66. The Morgan fingerprint density at radius 2 is 2.05 bits per heavy atom. The first kappa shape index (κ1) is 14.8. The van der Waals surface area contributed by atoms with Gasteiger partial charge in [0, 0.05) is 35.3 Å². The van der Waals surface area contributed by atoms with E-state index in [2.05, 4.69) is 69.1 Å². The Bertz CT molecular complexity index is 620. The average molecular weight is 348 g/mol. The van der Waals surface area contributed by atoms with Gasteiger partial charge in [0.25, 0.3) is 0 Å². The summed E-state index contributed by atoms with van der Waals surface area (Å²) in [6, 6.07) is 8.42. The van der Waals surface area contributed by atoms with Gasteiger partial charge in [-0.05, 0) is 67.0 Å². The minimum atomic E-state index is 0.793. The molecule has 0 spiro atoms. The molecule has 0 aliphatic carbocycles. The van der Waals surface area contributed by atoms with E-state index in [9.17, 15) is 0 Å². The van der Waals surface area contributed by atoms with Gasteiger partial charge in [0.1, 0.15) is 0 Å². The Hall–Kier alpha value is -1.13. The molecule has 3 nitrogen and oxygen atoms in total. The smallest absolute Gasteiger partial charge is 0.0864 e. The zero-order valence-corrected chi connectivity index (χ0v) is 14.3. The van der Waals surface area contributed by atoms with Crippen LogP contribution in [0.2, 0.25) is 0 Å². The molecule has 0 radical (unpaired) electrons. The second-order valence-corrected chi connectivity index (χ2v) is 6.95. The lowest BCUT2D eigenvalue weighted by Gasteiger charge is -2.32. The van der Waals surface area contributed by atoms with Crippen LogP contribution in [-0.2, 0) is 0 Å². The number of likely N-dealkylation sites (tertiary alicyclic amines) is 1. The molecule has 0 amide bonds. The highest BCUT2D eigenvalue weighted by Crippen LogP contribution is 2.30. The number of benzene rings is 1. The molecule has 1 aromatic carbocycles. The molecule has 1 aliphatic heterocycles. The first-order valence-electron chi connectivity index (χ1n) is 7.58. The van der Waals surface area contributed by atoms with Crippen LogP contribution in [0, 0.1) is 5.92 Å². The highest BCUT2D eigenvalue weighted by atomic mass is 79.9. The van der Waals surface area contributed by atoms with Gasteiger partial charge in [-0.25, -0.2) is 0 Å². The van der Waals surface area contributed by atoms with Crippen LogP contribution in [0.5, 0.6) is 0 Å². The molecule has 0 bridgehead atoms. The number of halogens is 1. The van der Waals surface area contributed by atoms with Crippen LogP contribution in [0.15, 0.2) is 34.9 Å². The lowest BCUT2D eigenvalue weighted by molar-refractivity contribution is 0.222. The summed E-state index contributed by atoms with van der Waals surface area (Å²) in [7, 11) is 4.42. The predicted molar refractivity (Wildman–Crippen MR) is 92.9 cm³/mol. The van der Waals surface area contributed by atoms with Gasteiger partial charge >= 0.3 is 0 Å². The Kier molecular flexibility index (Phi) is 4.45. The molecule has 1 aromatic heterocycles. The quantitative estimate of drug-likeness (QED) is 0.842. The van der Waals surface area contributed by atoms with Crippen LogP contribution in [-0.4, -0.2) is 43.6 Å². The highest BCUT2D eigenvalue weighted by molar-refractivity contribution is 9.10. The van der Waals surface area contributed by atoms with Crippen LogP contribution >= 0.6 is 15.9 Å². The number of anilines is 1. The number of piperidine rings is 1. The molecule has 0 saturated carbocycles. The van der Waals surface area contributed by atoms with Crippen molar-refractivity contribution in [3.05, 3.63) is 34.9 Å². The Morgan fingerprint density at radius 1 is 1.29 bits per heavy atom. The lowest BCUT2D eigenvalue weighted by atomic mass is 9.96. The third-order valence-electron chi connectivity index (χ3n) is 4.48. The van der Waals surface area contributed by atoms with Crippen LogP contribution in [0.3, 0.4) is 0 Å². The maximum Gasteiger partial charge on any atom is 0.0864 e. The molecule has 21 heavy (non-hydrogen) atoms.